The average molecular weight is 264 g/mol. The Morgan fingerprint density at radius 1 is 1.21 bits per heavy atom. The Labute approximate surface area is 115 Å². The highest BCUT2D eigenvalue weighted by Gasteiger charge is 2.11. The summed E-state index contributed by atoms with van der Waals surface area (Å²) in [4.78, 5) is 15.4. The fraction of sp³-hybridized carbons (Fsp3) is 0.533. The number of nitrogens with zero attached hydrogens (tertiary/aromatic N) is 2. The Bertz CT molecular complexity index is 430. The molecule has 19 heavy (non-hydrogen) atoms. The number of aromatic carboxylic acids is 1. The Morgan fingerprint density at radius 3 is 2.37 bits per heavy atom. The van der Waals surface area contributed by atoms with E-state index in [4.69, 9.17) is 5.11 Å². The summed E-state index contributed by atoms with van der Waals surface area (Å²) in [5, 5.41) is 9.00. The predicted molar refractivity (Wildman–Crippen MR) is 79.2 cm³/mol. The third-order valence-corrected chi connectivity index (χ3v) is 3.10. The molecule has 1 aromatic rings. The van der Waals surface area contributed by atoms with E-state index in [1.54, 1.807) is 12.1 Å². The standard InChI is InChI=1S/C15H24N2O2/c1-5-8-17(10-9-16(3)4)14-7-6-13(15(18)19)11-12(14)2/h6-7,11H,5,8-10H2,1-4H3,(H,18,19). The number of rotatable bonds is 7. The monoisotopic (exact) mass is 264 g/mol. The number of carboxylic acid groups (broad SMARTS) is 1. The van der Waals surface area contributed by atoms with Gasteiger partial charge in [0.25, 0.3) is 0 Å². The number of likely N-dealkylation sites (N-methyl/N-ethyl adjacent to an activating group) is 1. The van der Waals surface area contributed by atoms with Crippen molar-refractivity contribution < 1.29 is 9.90 Å². The molecule has 0 bridgehead atoms. The van der Waals surface area contributed by atoms with Gasteiger partial charge in [0, 0.05) is 25.3 Å². The van der Waals surface area contributed by atoms with E-state index in [0.29, 0.717) is 5.56 Å². The van der Waals surface area contributed by atoms with Crippen molar-refractivity contribution in [3.63, 3.8) is 0 Å². The molecule has 106 valence electrons. The lowest BCUT2D eigenvalue weighted by Gasteiger charge is -2.27. The maximum Gasteiger partial charge on any atom is 0.335 e. The third-order valence-electron chi connectivity index (χ3n) is 3.10. The van der Waals surface area contributed by atoms with Gasteiger partial charge in [-0.05, 0) is 51.2 Å². The molecule has 0 radical (unpaired) electrons. The second-order valence-electron chi connectivity index (χ2n) is 5.10. The summed E-state index contributed by atoms with van der Waals surface area (Å²) in [6, 6.07) is 5.35. The van der Waals surface area contributed by atoms with Crippen LogP contribution in [0, 0.1) is 6.92 Å². The van der Waals surface area contributed by atoms with Crippen molar-refractivity contribution in [1.29, 1.82) is 0 Å². The molecule has 0 amide bonds. The molecule has 0 aliphatic rings. The van der Waals surface area contributed by atoms with Crippen molar-refractivity contribution >= 4 is 11.7 Å². The highest BCUT2D eigenvalue weighted by molar-refractivity contribution is 5.88. The first kappa shape index (κ1) is 15.5. The van der Waals surface area contributed by atoms with Crippen molar-refractivity contribution in [2.45, 2.75) is 20.3 Å². The molecule has 0 saturated heterocycles. The maximum atomic E-state index is 11.0. The molecule has 0 spiro atoms. The van der Waals surface area contributed by atoms with Crippen LogP contribution in [0.4, 0.5) is 5.69 Å². The zero-order chi connectivity index (χ0) is 14.4. The fourth-order valence-corrected chi connectivity index (χ4v) is 2.09. The minimum Gasteiger partial charge on any atom is -0.478 e. The van der Waals surface area contributed by atoms with Gasteiger partial charge < -0.3 is 14.9 Å². The normalized spacial score (nSPS) is 10.8. The van der Waals surface area contributed by atoms with E-state index in [-0.39, 0.29) is 0 Å². The van der Waals surface area contributed by atoms with Gasteiger partial charge in [0.1, 0.15) is 0 Å². The Morgan fingerprint density at radius 2 is 1.89 bits per heavy atom. The van der Waals surface area contributed by atoms with Gasteiger partial charge in [0.2, 0.25) is 0 Å². The van der Waals surface area contributed by atoms with E-state index in [2.05, 4.69) is 30.8 Å². The van der Waals surface area contributed by atoms with Crippen LogP contribution < -0.4 is 4.90 Å². The summed E-state index contributed by atoms with van der Waals surface area (Å²) < 4.78 is 0. The first-order chi connectivity index (χ1) is 8.95. The van der Waals surface area contributed by atoms with E-state index >= 15 is 0 Å². The topological polar surface area (TPSA) is 43.8 Å². The highest BCUT2D eigenvalue weighted by Crippen LogP contribution is 2.21. The summed E-state index contributed by atoms with van der Waals surface area (Å²) in [6.45, 7) is 7.05. The summed E-state index contributed by atoms with van der Waals surface area (Å²) in [7, 11) is 4.12. The van der Waals surface area contributed by atoms with Crippen LogP contribution in [0.1, 0.15) is 29.3 Å². The fourth-order valence-electron chi connectivity index (χ4n) is 2.09. The predicted octanol–water partition coefficient (Wildman–Crippen LogP) is 2.47. The third kappa shape index (κ3) is 4.56. The first-order valence-corrected chi connectivity index (χ1v) is 6.69. The summed E-state index contributed by atoms with van der Waals surface area (Å²) in [5.41, 5.74) is 2.51. The smallest absolute Gasteiger partial charge is 0.335 e. The van der Waals surface area contributed by atoms with E-state index in [1.165, 1.54) is 0 Å². The van der Waals surface area contributed by atoms with Crippen molar-refractivity contribution in [1.82, 2.24) is 4.90 Å². The van der Waals surface area contributed by atoms with Crippen LogP contribution in [0.25, 0.3) is 0 Å². The molecular formula is C15H24N2O2. The van der Waals surface area contributed by atoms with Crippen molar-refractivity contribution in [3.8, 4) is 0 Å². The van der Waals surface area contributed by atoms with Gasteiger partial charge in [-0.3, -0.25) is 0 Å². The van der Waals surface area contributed by atoms with Gasteiger partial charge in [-0.15, -0.1) is 0 Å². The van der Waals surface area contributed by atoms with Gasteiger partial charge in [-0.1, -0.05) is 6.92 Å². The zero-order valence-electron chi connectivity index (χ0n) is 12.3. The molecule has 4 nitrogen and oxygen atoms in total. The Balaban J connectivity index is 2.92. The zero-order valence-corrected chi connectivity index (χ0v) is 12.3. The number of benzene rings is 1. The van der Waals surface area contributed by atoms with Crippen LogP contribution in [0.2, 0.25) is 0 Å². The highest BCUT2D eigenvalue weighted by atomic mass is 16.4. The van der Waals surface area contributed by atoms with Gasteiger partial charge in [0.15, 0.2) is 0 Å². The molecule has 1 N–H and O–H groups in total. The van der Waals surface area contributed by atoms with E-state index in [0.717, 1.165) is 37.3 Å². The first-order valence-electron chi connectivity index (χ1n) is 6.69. The number of hydrogen-bond donors (Lipinski definition) is 1. The minimum atomic E-state index is -0.870. The molecule has 0 saturated carbocycles. The van der Waals surface area contributed by atoms with Crippen LogP contribution in [0.5, 0.6) is 0 Å². The van der Waals surface area contributed by atoms with Gasteiger partial charge in [0.05, 0.1) is 5.56 Å². The number of anilines is 1. The van der Waals surface area contributed by atoms with Crippen LogP contribution in [0.15, 0.2) is 18.2 Å². The van der Waals surface area contributed by atoms with E-state index < -0.39 is 5.97 Å². The molecule has 0 aliphatic carbocycles. The lowest BCUT2D eigenvalue weighted by atomic mass is 10.1. The molecule has 0 fully saturated rings. The molecule has 0 atom stereocenters. The lowest BCUT2D eigenvalue weighted by Crippen LogP contribution is -2.32. The Hall–Kier alpha value is -1.55. The summed E-state index contributed by atoms with van der Waals surface area (Å²) in [6.07, 6.45) is 1.08. The summed E-state index contributed by atoms with van der Waals surface area (Å²) in [5.74, 6) is -0.870. The molecule has 1 rings (SSSR count). The summed E-state index contributed by atoms with van der Waals surface area (Å²) >= 11 is 0. The van der Waals surface area contributed by atoms with Crippen molar-refractivity contribution in [2.24, 2.45) is 0 Å². The largest absolute Gasteiger partial charge is 0.478 e. The number of aryl methyl sites for hydroxylation is 1. The second-order valence-corrected chi connectivity index (χ2v) is 5.10. The molecule has 0 aromatic heterocycles. The Kier molecular flexibility index (Phi) is 5.83. The number of carbonyl (C=O) groups is 1. The molecule has 0 aliphatic heterocycles. The van der Waals surface area contributed by atoms with Crippen molar-refractivity contribution in [2.75, 3.05) is 38.6 Å². The van der Waals surface area contributed by atoms with E-state index in [9.17, 15) is 4.79 Å². The molecule has 0 unspecified atom stereocenters. The van der Waals surface area contributed by atoms with Gasteiger partial charge in [-0.2, -0.15) is 0 Å². The molecule has 0 heterocycles. The minimum absolute atomic E-state index is 0.352. The molecule has 4 heteroatoms. The second kappa shape index (κ2) is 7.14. The average Bonchev–Trinajstić information content (AvgIpc) is 2.34. The number of hydrogen-bond acceptors (Lipinski definition) is 3. The van der Waals surface area contributed by atoms with Crippen molar-refractivity contribution in [3.05, 3.63) is 29.3 Å². The van der Waals surface area contributed by atoms with Gasteiger partial charge >= 0.3 is 5.97 Å². The molecular weight excluding hydrogens is 240 g/mol. The van der Waals surface area contributed by atoms with Crippen LogP contribution in [-0.4, -0.2) is 49.7 Å². The van der Waals surface area contributed by atoms with E-state index in [1.807, 2.05) is 13.0 Å². The lowest BCUT2D eigenvalue weighted by molar-refractivity contribution is 0.0697. The van der Waals surface area contributed by atoms with Crippen LogP contribution in [-0.2, 0) is 0 Å². The maximum absolute atomic E-state index is 11.0. The molecule has 1 aromatic carbocycles. The van der Waals surface area contributed by atoms with Crippen LogP contribution in [0.3, 0.4) is 0 Å². The SMILES string of the molecule is CCCN(CCN(C)C)c1ccc(C(=O)O)cc1C. The quantitative estimate of drug-likeness (QED) is 0.821. The van der Waals surface area contributed by atoms with Gasteiger partial charge in [-0.25, -0.2) is 4.79 Å². The number of carboxylic acids is 1. The van der Waals surface area contributed by atoms with Crippen LogP contribution >= 0.6 is 0 Å².